The molecule has 0 amide bonds. The minimum Gasteiger partial charge on any atom is -0.425 e. The second-order valence-electron chi connectivity index (χ2n) is 3.77. The number of non-ortho nitro benzene ring substituents is 1. The first-order valence-electron chi connectivity index (χ1n) is 5.57. The minimum atomic E-state index is -0.875. The van der Waals surface area contributed by atoms with E-state index in [1.165, 1.54) is 35.6 Å². The zero-order chi connectivity index (χ0) is 14.5. The van der Waals surface area contributed by atoms with Crippen molar-refractivity contribution < 1.29 is 19.2 Å². The molecule has 8 heteroatoms. The molecule has 1 atom stereocenters. The third-order valence-electron chi connectivity index (χ3n) is 2.37. The van der Waals surface area contributed by atoms with Crippen molar-refractivity contribution >= 4 is 23.2 Å². The highest BCUT2D eigenvalue weighted by molar-refractivity contribution is 7.09. The summed E-state index contributed by atoms with van der Waals surface area (Å²) < 4.78 is 9.97. The Morgan fingerprint density at radius 1 is 1.40 bits per heavy atom. The quantitative estimate of drug-likeness (QED) is 0.372. The summed E-state index contributed by atoms with van der Waals surface area (Å²) in [6, 6.07) is 5.15. The molecular formula is C12H10N2O5S. The third kappa shape index (κ3) is 3.51. The Morgan fingerprint density at radius 3 is 2.65 bits per heavy atom. The van der Waals surface area contributed by atoms with Gasteiger partial charge in [0.15, 0.2) is 0 Å². The van der Waals surface area contributed by atoms with Gasteiger partial charge in [-0.05, 0) is 19.1 Å². The molecule has 0 radical (unpaired) electrons. The number of carbonyl (C=O) groups is 1. The van der Waals surface area contributed by atoms with Crippen LogP contribution < -0.4 is 4.74 Å². The Bertz CT molecular complexity index is 597. The number of hydrogen-bond acceptors (Lipinski definition) is 7. The third-order valence-corrected chi connectivity index (χ3v) is 3.31. The number of nitrogens with zero attached hydrogens (tertiary/aromatic N) is 2. The van der Waals surface area contributed by atoms with Gasteiger partial charge in [-0.25, -0.2) is 4.79 Å². The lowest BCUT2D eigenvalue weighted by molar-refractivity contribution is -0.384. The van der Waals surface area contributed by atoms with Gasteiger partial charge in [-0.2, -0.15) is 0 Å². The average Bonchev–Trinajstić information content (AvgIpc) is 2.93. The van der Waals surface area contributed by atoms with E-state index < -0.39 is 17.2 Å². The Kier molecular flexibility index (Phi) is 4.26. The number of hydrogen-bond donors (Lipinski definition) is 0. The van der Waals surface area contributed by atoms with Gasteiger partial charge in [-0.3, -0.25) is 15.1 Å². The maximum Gasteiger partial charge on any atom is 0.514 e. The number of carbonyl (C=O) groups excluding carboxylic acids is 1. The van der Waals surface area contributed by atoms with Gasteiger partial charge in [0.2, 0.25) is 0 Å². The molecule has 1 unspecified atom stereocenters. The number of benzene rings is 1. The lowest BCUT2D eigenvalue weighted by Crippen LogP contribution is -2.12. The molecule has 2 aromatic rings. The summed E-state index contributed by atoms with van der Waals surface area (Å²) in [5.74, 6) is 0.178. The Balaban J connectivity index is 1.92. The molecule has 0 aliphatic carbocycles. The summed E-state index contributed by atoms with van der Waals surface area (Å²) >= 11 is 1.37. The molecule has 0 saturated heterocycles. The second kappa shape index (κ2) is 6.11. The Hall–Kier alpha value is -2.48. The molecule has 1 aromatic carbocycles. The van der Waals surface area contributed by atoms with Crippen LogP contribution in [0.5, 0.6) is 5.75 Å². The second-order valence-corrected chi connectivity index (χ2v) is 4.68. The lowest BCUT2D eigenvalue weighted by Gasteiger charge is -2.10. The molecular weight excluding hydrogens is 284 g/mol. The van der Waals surface area contributed by atoms with Crippen LogP contribution in [0.25, 0.3) is 0 Å². The molecule has 0 fully saturated rings. The van der Waals surface area contributed by atoms with E-state index in [1.54, 1.807) is 18.6 Å². The van der Waals surface area contributed by atoms with Crippen molar-refractivity contribution in [2.24, 2.45) is 0 Å². The van der Waals surface area contributed by atoms with Crippen LogP contribution in [0.4, 0.5) is 10.5 Å². The Morgan fingerprint density at radius 2 is 2.10 bits per heavy atom. The van der Waals surface area contributed by atoms with Gasteiger partial charge < -0.3 is 9.47 Å². The molecule has 0 bridgehead atoms. The van der Waals surface area contributed by atoms with Crippen LogP contribution in [0.1, 0.15) is 17.9 Å². The molecule has 0 N–H and O–H groups in total. The van der Waals surface area contributed by atoms with Crippen molar-refractivity contribution in [2.45, 2.75) is 13.0 Å². The monoisotopic (exact) mass is 294 g/mol. The van der Waals surface area contributed by atoms with Crippen molar-refractivity contribution in [2.75, 3.05) is 0 Å². The number of nitro groups is 1. The maximum absolute atomic E-state index is 11.5. The number of rotatable bonds is 4. The van der Waals surface area contributed by atoms with Gasteiger partial charge in [0, 0.05) is 18.3 Å². The van der Waals surface area contributed by atoms with Crippen LogP contribution in [-0.4, -0.2) is 16.1 Å². The smallest absolute Gasteiger partial charge is 0.425 e. The van der Waals surface area contributed by atoms with E-state index >= 15 is 0 Å². The van der Waals surface area contributed by atoms with Gasteiger partial charge in [0.25, 0.3) is 5.69 Å². The summed E-state index contributed by atoms with van der Waals surface area (Å²) in [6.07, 6.45) is 0.266. The zero-order valence-electron chi connectivity index (χ0n) is 10.4. The predicted molar refractivity (Wildman–Crippen MR) is 70.7 cm³/mol. The normalized spacial score (nSPS) is 11.7. The fourth-order valence-electron chi connectivity index (χ4n) is 1.38. The summed E-state index contributed by atoms with van der Waals surface area (Å²) in [5.41, 5.74) is 1.56. The van der Waals surface area contributed by atoms with Gasteiger partial charge in [-0.15, -0.1) is 11.3 Å². The van der Waals surface area contributed by atoms with E-state index in [0.29, 0.717) is 0 Å². The molecule has 1 heterocycles. The number of thiazole rings is 1. The molecule has 0 aliphatic heterocycles. The number of ether oxygens (including phenoxy) is 2. The van der Waals surface area contributed by atoms with Crippen molar-refractivity contribution in [1.29, 1.82) is 0 Å². The fraction of sp³-hybridized carbons (Fsp3) is 0.167. The highest BCUT2D eigenvalue weighted by Crippen LogP contribution is 2.22. The van der Waals surface area contributed by atoms with Crippen molar-refractivity contribution in [3.8, 4) is 5.75 Å². The van der Waals surface area contributed by atoms with Crippen LogP contribution >= 0.6 is 11.3 Å². The molecule has 2 rings (SSSR count). The van der Waals surface area contributed by atoms with Gasteiger partial charge >= 0.3 is 6.16 Å². The van der Waals surface area contributed by atoms with Crippen LogP contribution in [0.15, 0.2) is 36.0 Å². The average molecular weight is 294 g/mol. The summed E-state index contributed by atoms with van der Waals surface area (Å²) in [7, 11) is 0. The van der Waals surface area contributed by atoms with E-state index in [2.05, 4.69) is 4.98 Å². The molecule has 0 spiro atoms. The highest BCUT2D eigenvalue weighted by Gasteiger charge is 2.15. The molecule has 0 aliphatic rings. The van der Waals surface area contributed by atoms with Crippen LogP contribution in [0, 0.1) is 10.1 Å². The molecule has 0 saturated carbocycles. The maximum atomic E-state index is 11.5. The topological polar surface area (TPSA) is 91.6 Å². The minimum absolute atomic E-state index is 0.0799. The van der Waals surface area contributed by atoms with Crippen molar-refractivity contribution in [1.82, 2.24) is 4.98 Å². The summed E-state index contributed by atoms with van der Waals surface area (Å²) in [4.78, 5) is 26.2. The highest BCUT2D eigenvalue weighted by atomic mass is 32.1. The number of aromatic nitrogens is 1. The zero-order valence-corrected chi connectivity index (χ0v) is 11.2. The first kappa shape index (κ1) is 13.9. The lowest BCUT2D eigenvalue weighted by atomic mass is 10.3. The molecule has 20 heavy (non-hydrogen) atoms. The van der Waals surface area contributed by atoms with E-state index in [9.17, 15) is 14.9 Å². The SMILES string of the molecule is CC(OC(=O)Oc1ccc([N+](=O)[O-])cc1)c1cncs1. The van der Waals surface area contributed by atoms with E-state index in [1.807, 2.05) is 0 Å². The van der Waals surface area contributed by atoms with E-state index in [0.717, 1.165) is 4.88 Å². The van der Waals surface area contributed by atoms with Crippen LogP contribution in [-0.2, 0) is 4.74 Å². The van der Waals surface area contributed by atoms with Gasteiger partial charge in [0.05, 0.1) is 15.3 Å². The Labute approximate surface area is 117 Å². The van der Waals surface area contributed by atoms with Crippen molar-refractivity contribution in [3.05, 3.63) is 51.0 Å². The fourth-order valence-corrected chi connectivity index (χ4v) is 1.99. The largest absolute Gasteiger partial charge is 0.514 e. The van der Waals surface area contributed by atoms with Crippen LogP contribution in [0.3, 0.4) is 0 Å². The summed E-state index contributed by atoms with van der Waals surface area (Å²) in [5, 5.41) is 10.5. The van der Waals surface area contributed by atoms with Gasteiger partial charge in [0.1, 0.15) is 11.9 Å². The number of nitro benzene ring substituents is 1. The summed E-state index contributed by atoms with van der Waals surface area (Å²) in [6.45, 7) is 1.70. The van der Waals surface area contributed by atoms with Crippen molar-refractivity contribution in [3.63, 3.8) is 0 Å². The molecule has 104 valence electrons. The van der Waals surface area contributed by atoms with Gasteiger partial charge in [-0.1, -0.05) is 0 Å². The standard InChI is InChI=1S/C12H10N2O5S/c1-8(11-6-13-7-20-11)18-12(15)19-10-4-2-9(3-5-10)14(16)17/h2-8H,1H3. The van der Waals surface area contributed by atoms with E-state index in [-0.39, 0.29) is 11.4 Å². The molecule has 1 aromatic heterocycles. The first-order valence-corrected chi connectivity index (χ1v) is 6.45. The van der Waals surface area contributed by atoms with E-state index in [4.69, 9.17) is 9.47 Å². The first-order chi connectivity index (χ1) is 9.56. The predicted octanol–water partition coefficient (Wildman–Crippen LogP) is 3.33. The van der Waals surface area contributed by atoms with Crippen LogP contribution in [0.2, 0.25) is 0 Å². The molecule has 7 nitrogen and oxygen atoms in total.